The SMILES string of the molecule is CC(C(=O)O)C1CCN(c2ccccc2)c2ccccc21.c1cc2ccc1o2. The second-order valence-electron chi connectivity index (χ2n) is 7.14. The highest BCUT2D eigenvalue weighted by Gasteiger charge is 2.32. The van der Waals surface area contributed by atoms with Gasteiger partial charge in [0.05, 0.1) is 5.92 Å². The maximum atomic E-state index is 11.3. The number of anilines is 2. The number of para-hydroxylation sites is 2. The highest BCUT2D eigenvalue weighted by Crippen LogP contribution is 2.42. The van der Waals surface area contributed by atoms with Gasteiger partial charge in [-0.05, 0) is 54.4 Å². The molecule has 28 heavy (non-hydrogen) atoms. The Bertz CT molecular complexity index is 995. The van der Waals surface area contributed by atoms with Crippen LogP contribution in [0.15, 0.2) is 83.3 Å². The molecular weight excluding hydrogens is 350 g/mol. The van der Waals surface area contributed by atoms with E-state index < -0.39 is 5.97 Å². The lowest BCUT2D eigenvalue weighted by Gasteiger charge is -2.37. The molecule has 0 saturated heterocycles. The molecule has 0 saturated carbocycles. The standard InChI is InChI=1S/C18H19NO2.C6H4O/c1-13(18(20)21)15-11-12-19(14-7-3-2-4-8-14)17-10-6-5-9-16(15)17;1-2-6-4-3-5(1)7-6/h2-10,13,15H,11-12H2,1H3,(H,20,21);1-4H. The van der Waals surface area contributed by atoms with Gasteiger partial charge in [0, 0.05) is 23.8 Å². The summed E-state index contributed by atoms with van der Waals surface area (Å²) in [5.41, 5.74) is 5.37. The van der Waals surface area contributed by atoms with Crippen LogP contribution < -0.4 is 4.90 Å². The molecule has 0 aliphatic carbocycles. The minimum absolute atomic E-state index is 0.0821. The fraction of sp³-hybridized carbons (Fsp3) is 0.208. The van der Waals surface area contributed by atoms with Crippen LogP contribution in [0.1, 0.15) is 24.8 Å². The highest BCUT2D eigenvalue weighted by molar-refractivity contribution is 5.74. The minimum Gasteiger partial charge on any atom is -0.481 e. The summed E-state index contributed by atoms with van der Waals surface area (Å²) in [6.45, 7) is 2.66. The van der Waals surface area contributed by atoms with E-state index >= 15 is 0 Å². The zero-order valence-electron chi connectivity index (χ0n) is 15.8. The molecule has 4 heteroatoms. The Balaban J connectivity index is 0.000000227. The summed E-state index contributed by atoms with van der Waals surface area (Å²) < 4.78 is 5.08. The molecule has 2 aromatic heterocycles. The van der Waals surface area contributed by atoms with E-state index in [2.05, 4.69) is 29.2 Å². The normalized spacial score (nSPS) is 16.9. The molecule has 0 radical (unpaired) electrons. The number of hydrogen-bond acceptors (Lipinski definition) is 3. The van der Waals surface area contributed by atoms with E-state index in [4.69, 9.17) is 4.42 Å². The second kappa shape index (κ2) is 7.77. The van der Waals surface area contributed by atoms with Crippen LogP contribution >= 0.6 is 0 Å². The smallest absolute Gasteiger partial charge is 0.306 e. The average Bonchev–Trinajstić information content (AvgIpc) is 3.40. The van der Waals surface area contributed by atoms with Crippen molar-refractivity contribution >= 4 is 28.5 Å². The predicted molar refractivity (Wildman–Crippen MR) is 111 cm³/mol. The van der Waals surface area contributed by atoms with Crippen LogP contribution in [0.2, 0.25) is 0 Å². The van der Waals surface area contributed by atoms with Crippen molar-refractivity contribution in [2.45, 2.75) is 19.3 Å². The number of carbonyl (C=O) groups is 1. The lowest BCUT2D eigenvalue weighted by atomic mass is 9.81. The van der Waals surface area contributed by atoms with E-state index in [1.807, 2.05) is 61.5 Å². The predicted octanol–water partition coefficient (Wildman–Crippen LogP) is 5.90. The van der Waals surface area contributed by atoms with Crippen LogP contribution in [0.5, 0.6) is 0 Å². The molecule has 1 aliphatic heterocycles. The topological polar surface area (TPSA) is 53.7 Å². The molecule has 1 aliphatic rings. The van der Waals surface area contributed by atoms with Crippen molar-refractivity contribution < 1.29 is 14.3 Å². The Morgan fingerprint density at radius 3 is 2.14 bits per heavy atom. The van der Waals surface area contributed by atoms with Crippen molar-refractivity contribution in [2.75, 3.05) is 11.4 Å². The van der Waals surface area contributed by atoms with Crippen molar-refractivity contribution in [3.05, 3.63) is 84.4 Å². The van der Waals surface area contributed by atoms with Gasteiger partial charge in [0.15, 0.2) is 0 Å². The van der Waals surface area contributed by atoms with E-state index in [1.165, 1.54) is 0 Å². The van der Waals surface area contributed by atoms with Crippen LogP contribution in [0.4, 0.5) is 11.4 Å². The van der Waals surface area contributed by atoms with Gasteiger partial charge in [-0.15, -0.1) is 0 Å². The Morgan fingerprint density at radius 1 is 0.964 bits per heavy atom. The third kappa shape index (κ3) is 3.58. The quantitative estimate of drug-likeness (QED) is 0.485. The number of carboxylic acids is 1. The van der Waals surface area contributed by atoms with Gasteiger partial charge in [0.1, 0.15) is 11.2 Å². The van der Waals surface area contributed by atoms with Crippen LogP contribution in [0.25, 0.3) is 11.2 Å². The fourth-order valence-electron chi connectivity index (χ4n) is 3.87. The molecule has 4 aromatic rings. The van der Waals surface area contributed by atoms with Gasteiger partial charge >= 0.3 is 5.97 Å². The molecule has 142 valence electrons. The maximum absolute atomic E-state index is 11.3. The summed E-state index contributed by atoms with van der Waals surface area (Å²) in [7, 11) is 0. The van der Waals surface area contributed by atoms with Gasteiger partial charge in [-0.3, -0.25) is 4.79 Å². The Labute approximate surface area is 164 Å². The molecule has 0 fully saturated rings. The van der Waals surface area contributed by atoms with E-state index in [0.29, 0.717) is 0 Å². The summed E-state index contributed by atoms with van der Waals surface area (Å²) in [5.74, 6) is -0.995. The first kappa shape index (κ1) is 18.1. The van der Waals surface area contributed by atoms with E-state index in [9.17, 15) is 9.90 Å². The van der Waals surface area contributed by atoms with Crippen LogP contribution in [0, 0.1) is 5.92 Å². The van der Waals surface area contributed by atoms with Crippen molar-refractivity contribution in [2.24, 2.45) is 5.92 Å². The zero-order valence-corrected chi connectivity index (χ0v) is 15.8. The molecule has 2 unspecified atom stereocenters. The molecular formula is C24H23NO3. The van der Waals surface area contributed by atoms with Gasteiger partial charge in [-0.2, -0.15) is 0 Å². The molecule has 3 heterocycles. The Hall–Kier alpha value is -3.27. The number of carboxylic acid groups (broad SMARTS) is 1. The van der Waals surface area contributed by atoms with Gasteiger partial charge in [-0.1, -0.05) is 43.3 Å². The molecule has 2 atom stereocenters. The van der Waals surface area contributed by atoms with Crippen LogP contribution in [-0.4, -0.2) is 17.6 Å². The number of rotatable bonds is 3. The van der Waals surface area contributed by atoms with Crippen molar-refractivity contribution in [1.82, 2.24) is 0 Å². The molecule has 5 rings (SSSR count). The molecule has 0 amide bonds. The molecule has 2 aromatic carbocycles. The number of hydrogen-bond donors (Lipinski definition) is 1. The van der Waals surface area contributed by atoms with E-state index in [0.717, 1.165) is 41.1 Å². The first-order valence-electron chi connectivity index (χ1n) is 9.56. The number of benzene rings is 3. The van der Waals surface area contributed by atoms with Gasteiger partial charge < -0.3 is 14.4 Å². The molecule has 2 bridgehead atoms. The summed E-state index contributed by atoms with van der Waals surface area (Å²) >= 11 is 0. The third-order valence-corrected chi connectivity index (χ3v) is 5.41. The number of aliphatic carboxylic acids is 1. The molecule has 4 nitrogen and oxygen atoms in total. The Kier molecular flexibility index (Phi) is 5.02. The lowest BCUT2D eigenvalue weighted by Crippen LogP contribution is -2.31. The zero-order chi connectivity index (χ0) is 19.5. The largest absolute Gasteiger partial charge is 0.481 e. The third-order valence-electron chi connectivity index (χ3n) is 5.41. The first-order valence-corrected chi connectivity index (χ1v) is 9.56. The highest BCUT2D eigenvalue weighted by atomic mass is 16.4. The number of furan rings is 2. The maximum Gasteiger partial charge on any atom is 0.306 e. The summed E-state index contributed by atoms with van der Waals surface area (Å²) in [6, 6.07) is 26.2. The molecule has 0 spiro atoms. The second-order valence-corrected chi connectivity index (χ2v) is 7.14. The van der Waals surface area contributed by atoms with E-state index in [-0.39, 0.29) is 11.8 Å². The van der Waals surface area contributed by atoms with Crippen LogP contribution in [-0.2, 0) is 4.79 Å². The number of fused-ring (bicyclic) bond motifs is 3. The summed E-state index contributed by atoms with van der Waals surface area (Å²) in [5, 5.41) is 9.33. The minimum atomic E-state index is -0.719. The van der Waals surface area contributed by atoms with E-state index in [1.54, 1.807) is 0 Å². The summed E-state index contributed by atoms with van der Waals surface area (Å²) in [6.07, 6.45) is 0.860. The van der Waals surface area contributed by atoms with Gasteiger partial charge in [-0.25, -0.2) is 0 Å². The average molecular weight is 373 g/mol. The van der Waals surface area contributed by atoms with Crippen molar-refractivity contribution in [3.8, 4) is 0 Å². The monoisotopic (exact) mass is 373 g/mol. The number of nitrogens with zero attached hydrogens (tertiary/aromatic N) is 1. The van der Waals surface area contributed by atoms with Crippen molar-refractivity contribution in [1.29, 1.82) is 0 Å². The van der Waals surface area contributed by atoms with Crippen molar-refractivity contribution in [3.63, 3.8) is 0 Å². The van der Waals surface area contributed by atoms with Crippen LogP contribution in [0.3, 0.4) is 0 Å². The first-order chi connectivity index (χ1) is 13.6. The molecule has 1 N–H and O–H groups in total. The lowest BCUT2D eigenvalue weighted by molar-refractivity contribution is -0.142. The Morgan fingerprint density at radius 2 is 1.57 bits per heavy atom. The fourth-order valence-corrected chi connectivity index (χ4v) is 3.87. The van der Waals surface area contributed by atoms with Gasteiger partial charge in [0.25, 0.3) is 0 Å². The van der Waals surface area contributed by atoms with Gasteiger partial charge in [0.2, 0.25) is 0 Å². The summed E-state index contributed by atoms with van der Waals surface area (Å²) in [4.78, 5) is 13.6.